The quantitative estimate of drug-likeness (QED) is 0.672. The van der Waals surface area contributed by atoms with Gasteiger partial charge in [-0.05, 0) is 38.6 Å². The first kappa shape index (κ1) is 10.8. The van der Waals surface area contributed by atoms with Gasteiger partial charge in [0.05, 0.1) is 6.67 Å². The van der Waals surface area contributed by atoms with Crippen LogP contribution in [0.4, 0.5) is 0 Å². The fraction of sp³-hybridized carbons (Fsp3) is 0.467. The smallest absolute Gasteiger partial charge is 0.0751 e. The molecule has 2 heteroatoms. The van der Waals surface area contributed by atoms with E-state index in [0.29, 0.717) is 5.92 Å². The first-order valence-corrected chi connectivity index (χ1v) is 6.36. The summed E-state index contributed by atoms with van der Waals surface area (Å²) in [5.41, 5.74) is 5.75. The Morgan fingerprint density at radius 1 is 1.24 bits per heavy atom. The third-order valence-electron chi connectivity index (χ3n) is 3.96. The van der Waals surface area contributed by atoms with E-state index in [-0.39, 0.29) is 0 Å². The van der Waals surface area contributed by atoms with Gasteiger partial charge >= 0.3 is 0 Å². The number of hydrogen-bond donors (Lipinski definition) is 0. The summed E-state index contributed by atoms with van der Waals surface area (Å²) in [5, 5.41) is 1.43. The summed E-state index contributed by atoms with van der Waals surface area (Å²) in [6, 6.07) is 6.81. The molecule has 0 spiro atoms. The molecule has 17 heavy (non-hydrogen) atoms. The van der Waals surface area contributed by atoms with Crippen molar-refractivity contribution >= 4 is 10.9 Å². The molecule has 0 saturated carbocycles. The van der Waals surface area contributed by atoms with Crippen molar-refractivity contribution in [3.05, 3.63) is 35.0 Å². The maximum absolute atomic E-state index is 2.48. The van der Waals surface area contributed by atoms with Gasteiger partial charge < -0.3 is 4.57 Å². The van der Waals surface area contributed by atoms with E-state index < -0.39 is 0 Å². The Bertz CT molecular complexity index is 580. The molecule has 0 fully saturated rings. The molecule has 3 rings (SSSR count). The van der Waals surface area contributed by atoms with Crippen molar-refractivity contribution in [3.63, 3.8) is 0 Å². The lowest BCUT2D eigenvalue weighted by molar-refractivity contribution is 0.222. The van der Waals surface area contributed by atoms with Crippen molar-refractivity contribution in [1.82, 2.24) is 9.47 Å². The van der Waals surface area contributed by atoms with Crippen molar-refractivity contribution in [2.24, 2.45) is 0 Å². The van der Waals surface area contributed by atoms with Gasteiger partial charge in [0.25, 0.3) is 0 Å². The van der Waals surface area contributed by atoms with Crippen LogP contribution in [0.2, 0.25) is 0 Å². The molecule has 1 aromatic carbocycles. The van der Waals surface area contributed by atoms with Crippen LogP contribution in [-0.2, 0) is 6.67 Å². The van der Waals surface area contributed by atoms with E-state index in [4.69, 9.17) is 0 Å². The molecule has 90 valence electrons. The number of benzene rings is 1. The van der Waals surface area contributed by atoms with E-state index in [2.05, 4.69) is 55.5 Å². The largest absolute Gasteiger partial charge is 0.331 e. The normalized spacial score (nSPS) is 20.8. The molecule has 0 saturated heterocycles. The van der Waals surface area contributed by atoms with Gasteiger partial charge in [-0.15, -0.1) is 0 Å². The second-order valence-electron chi connectivity index (χ2n) is 5.54. The minimum Gasteiger partial charge on any atom is -0.331 e. The van der Waals surface area contributed by atoms with Crippen LogP contribution in [0.25, 0.3) is 10.9 Å². The molecular weight excluding hydrogens is 208 g/mol. The van der Waals surface area contributed by atoms with Crippen LogP contribution < -0.4 is 0 Å². The fourth-order valence-corrected chi connectivity index (χ4v) is 3.30. The Labute approximate surface area is 103 Å². The Morgan fingerprint density at radius 2 is 2.00 bits per heavy atom. The highest BCUT2D eigenvalue weighted by atomic mass is 15.3. The van der Waals surface area contributed by atoms with Crippen molar-refractivity contribution in [3.8, 4) is 0 Å². The zero-order valence-electron chi connectivity index (χ0n) is 11.1. The number of hydrogen-bond acceptors (Lipinski definition) is 1. The second-order valence-corrected chi connectivity index (χ2v) is 5.54. The van der Waals surface area contributed by atoms with E-state index in [1.54, 1.807) is 0 Å². The first-order valence-electron chi connectivity index (χ1n) is 6.36. The van der Waals surface area contributed by atoms with Crippen LogP contribution in [-0.4, -0.2) is 23.1 Å². The molecule has 1 aliphatic heterocycles. The number of likely N-dealkylation sites (N-methyl/N-ethyl adjacent to an activating group) is 1. The molecule has 2 aromatic rings. The van der Waals surface area contributed by atoms with Gasteiger partial charge in [0.15, 0.2) is 0 Å². The van der Waals surface area contributed by atoms with Gasteiger partial charge in [-0.3, -0.25) is 4.90 Å². The van der Waals surface area contributed by atoms with Gasteiger partial charge in [-0.1, -0.05) is 18.6 Å². The fourth-order valence-electron chi connectivity index (χ4n) is 3.30. The van der Waals surface area contributed by atoms with E-state index in [1.807, 2.05) is 0 Å². The monoisotopic (exact) mass is 228 g/mol. The zero-order chi connectivity index (χ0) is 12.2. The molecule has 0 radical (unpaired) electrons. The Kier molecular flexibility index (Phi) is 2.30. The third-order valence-corrected chi connectivity index (χ3v) is 3.96. The number of fused-ring (bicyclic) bond motifs is 3. The predicted octanol–water partition coefficient (Wildman–Crippen LogP) is 3.26. The highest BCUT2D eigenvalue weighted by molar-refractivity contribution is 5.86. The van der Waals surface area contributed by atoms with Gasteiger partial charge in [-0.2, -0.15) is 0 Å². The van der Waals surface area contributed by atoms with Crippen molar-refractivity contribution < 1.29 is 0 Å². The summed E-state index contributed by atoms with van der Waals surface area (Å²) in [7, 11) is 2.20. The van der Waals surface area contributed by atoms with Crippen LogP contribution >= 0.6 is 0 Å². The molecule has 0 bridgehead atoms. The van der Waals surface area contributed by atoms with Gasteiger partial charge in [0, 0.05) is 29.1 Å². The van der Waals surface area contributed by atoms with Crippen LogP contribution in [0, 0.1) is 13.8 Å². The molecular formula is C15H20N2. The molecule has 0 amide bonds. The third kappa shape index (κ3) is 1.51. The Balaban J connectivity index is 2.34. The van der Waals surface area contributed by atoms with Gasteiger partial charge in [0.1, 0.15) is 0 Å². The predicted molar refractivity (Wildman–Crippen MR) is 72.5 cm³/mol. The summed E-state index contributed by atoms with van der Waals surface area (Å²) in [6.45, 7) is 8.96. The van der Waals surface area contributed by atoms with Crippen molar-refractivity contribution in [2.45, 2.75) is 33.4 Å². The topological polar surface area (TPSA) is 8.17 Å². The first-order chi connectivity index (χ1) is 8.08. The van der Waals surface area contributed by atoms with E-state index in [0.717, 1.165) is 13.2 Å². The van der Waals surface area contributed by atoms with E-state index in [9.17, 15) is 0 Å². The highest BCUT2D eigenvalue weighted by Gasteiger charge is 2.24. The lowest BCUT2D eigenvalue weighted by Gasteiger charge is -2.31. The lowest BCUT2D eigenvalue weighted by Crippen LogP contribution is -2.33. The SMILES string of the molecule is Cc1ccc2c(c1)c(C)c1n2CN(C)CC1C. The summed E-state index contributed by atoms with van der Waals surface area (Å²) in [6.07, 6.45) is 0. The molecule has 0 N–H and O–H groups in total. The summed E-state index contributed by atoms with van der Waals surface area (Å²) >= 11 is 0. The minimum absolute atomic E-state index is 0.626. The average molecular weight is 228 g/mol. The average Bonchev–Trinajstić information content (AvgIpc) is 2.52. The second kappa shape index (κ2) is 3.61. The van der Waals surface area contributed by atoms with Crippen LogP contribution in [0.15, 0.2) is 18.2 Å². The number of aromatic nitrogens is 1. The summed E-state index contributed by atoms with van der Waals surface area (Å²) < 4.78 is 2.48. The highest BCUT2D eigenvalue weighted by Crippen LogP contribution is 2.34. The van der Waals surface area contributed by atoms with Crippen LogP contribution in [0.1, 0.15) is 29.7 Å². The lowest BCUT2D eigenvalue weighted by atomic mass is 10.0. The number of aryl methyl sites for hydroxylation is 2. The molecule has 1 atom stereocenters. The van der Waals surface area contributed by atoms with Gasteiger partial charge in [0.2, 0.25) is 0 Å². The number of rotatable bonds is 0. The molecule has 2 heterocycles. The maximum atomic E-state index is 2.48. The molecule has 1 aromatic heterocycles. The van der Waals surface area contributed by atoms with Crippen LogP contribution in [0.5, 0.6) is 0 Å². The zero-order valence-corrected chi connectivity index (χ0v) is 11.1. The molecule has 0 aliphatic carbocycles. The molecule has 1 aliphatic rings. The van der Waals surface area contributed by atoms with Crippen molar-refractivity contribution in [2.75, 3.05) is 13.6 Å². The Hall–Kier alpha value is -1.28. The van der Waals surface area contributed by atoms with Crippen LogP contribution in [0.3, 0.4) is 0 Å². The maximum Gasteiger partial charge on any atom is 0.0751 e. The van der Waals surface area contributed by atoms with Crippen molar-refractivity contribution in [1.29, 1.82) is 0 Å². The van der Waals surface area contributed by atoms with Gasteiger partial charge in [-0.25, -0.2) is 0 Å². The van der Waals surface area contributed by atoms with E-state index >= 15 is 0 Å². The summed E-state index contributed by atoms with van der Waals surface area (Å²) in [5.74, 6) is 0.626. The summed E-state index contributed by atoms with van der Waals surface area (Å²) in [4.78, 5) is 2.40. The number of nitrogens with zero attached hydrogens (tertiary/aromatic N) is 2. The molecule has 1 unspecified atom stereocenters. The molecule has 2 nitrogen and oxygen atoms in total. The van der Waals surface area contributed by atoms with E-state index in [1.165, 1.54) is 27.7 Å². The standard InChI is InChI=1S/C15H20N2/c1-10-5-6-14-13(7-10)12(3)15-11(2)8-16(4)9-17(14)15/h5-7,11H,8-9H2,1-4H3. The minimum atomic E-state index is 0.626. The Morgan fingerprint density at radius 3 is 2.76 bits per heavy atom.